The number of sulfonamides is 1. The van der Waals surface area contributed by atoms with Crippen LogP contribution in [0.1, 0.15) is 15.9 Å². The van der Waals surface area contributed by atoms with Crippen molar-refractivity contribution in [2.75, 3.05) is 17.1 Å². The molecular weight excluding hydrogens is 376 g/mol. The fraction of sp³-hybridized carbons (Fsp3) is 0.0952. The van der Waals surface area contributed by atoms with Crippen molar-refractivity contribution < 1.29 is 17.9 Å². The molecule has 0 saturated heterocycles. The average molecular weight is 396 g/mol. The van der Waals surface area contributed by atoms with Crippen molar-refractivity contribution in [3.05, 3.63) is 90.0 Å². The third kappa shape index (κ3) is 5.11. The Morgan fingerprint density at radius 2 is 1.57 bits per heavy atom. The molecule has 0 radical (unpaired) electrons. The van der Waals surface area contributed by atoms with Gasteiger partial charge in [-0.1, -0.05) is 48.5 Å². The summed E-state index contributed by atoms with van der Waals surface area (Å²) >= 11 is 0. The highest BCUT2D eigenvalue weighted by Gasteiger charge is 2.17. The first-order valence-corrected chi connectivity index (χ1v) is 10.2. The van der Waals surface area contributed by atoms with Crippen LogP contribution in [0.3, 0.4) is 0 Å². The molecule has 0 aliphatic rings. The van der Waals surface area contributed by atoms with Gasteiger partial charge < -0.3 is 10.1 Å². The number of carbonyl (C=O) groups excluding carboxylic acids is 1. The minimum absolute atomic E-state index is 0.183. The van der Waals surface area contributed by atoms with Gasteiger partial charge in [0.1, 0.15) is 5.75 Å². The van der Waals surface area contributed by atoms with E-state index in [9.17, 15) is 13.2 Å². The Bertz CT molecular complexity index is 1050. The smallest absolute Gasteiger partial charge is 0.255 e. The first-order chi connectivity index (χ1) is 13.5. The lowest BCUT2D eigenvalue weighted by atomic mass is 10.1. The van der Waals surface area contributed by atoms with Crippen molar-refractivity contribution in [1.29, 1.82) is 0 Å². The van der Waals surface area contributed by atoms with Gasteiger partial charge in [-0.15, -0.1) is 0 Å². The molecule has 0 fully saturated rings. The van der Waals surface area contributed by atoms with Gasteiger partial charge >= 0.3 is 0 Å². The monoisotopic (exact) mass is 396 g/mol. The Morgan fingerprint density at radius 1 is 0.929 bits per heavy atom. The SMILES string of the molecule is COc1ccc(C(=O)Nc2ccccc2)cc1NS(=O)(=O)Cc1ccccc1. The van der Waals surface area contributed by atoms with Crippen molar-refractivity contribution >= 4 is 27.3 Å². The predicted molar refractivity (Wildman–Crippen MR) is 110 cm³/mol. The van der Waals surface area contributed by atoms with Crippen LogP contribution in [0.2, 0.25) is 0 Å². The highest BCUT2D eigenvalue weighted by atomic mass is 32.2. The molecular formula is C21H20N2O4S. The number of hydrogen-bond donors (Lipinski definition) is 2. The fourth-order valence-electron chi connectivity index (χ4n) is 2.65. The molecule has 0 bridgehead atoms. The molecule has 3 rings (SSSR count). The highest BCUT2D eigenvalue weighted by Crippen LogP contribution is 2.27. The number of benzene rings is 3. The van der Waals surface area contributed by atoms with Crippen molar-refractivity contribution in [3.63, 3.8) is 0 Å². The first kappa shape index (κ1) is 19.4. The van der Waals surface area contributed by atoms with Gasteiger partial charge in [0, 0.05) is 11.3 Å². The highest BCUT2D eigenvalue weighted by molar-refractivity contribution is 7.91. The summed E-state index contributed by atoms with van der Waals surface area (Å²) in [6, 6.07) is 22.5. The van der Waals surface area contributed by atoms with E-state index < -0.39 is 10.0 Å². The molecule has 0 spiro atoms. The number of rotatable bonds is 7. The van der Waals surface area contributed by atoms with E-state index in [1.807, 2.05) is 24.3 Å². The Kier molecular flexibility index (Phi) is 5.96. The zero-order valence-corrected chi connectivity index (χ0v) is 16.1. The molecule has 3 aromatic rings. The predicted octanol–water partition coefficient (Wildman–Crippen LogP) is 3.89. The van der Waals surface area contributed by atoms with Crippen LogP contribution in [0.5, 0.6) is 5.75 Å². The zero-order chi connectivity index (χ0) is 20.0. The molecule has 0 atom stereocenters. The van der Waals surface area contributed by atoms with Crippen LogP contribution < -0.4 is 14.8 Å². The minimum Gasteiger partial charge on any atom is -0.495 e. The van der Waals surface area contributed by atoms with E-state index in [4.69, 9.17) is 4.74 Å². The van der Waals surface area contributed by atoms with E-state index >= 15 is 0 Å². The molecule has 1 amide bonds. The second-order valence-electron chi connectivity index (χ2n) is 6.08. The van der Waals surface area contributed by atoms with Crippen LogP contribution in [0, 0.1) is 0 Å². The van der Waals surface area contributed by atoms with E-state index in [0.717, 1.165) is 0 Å². The van der Waals surface area contributed by atoms with Gasteiger partial charge in [0.25, 0.3) is 5.91 Å². The van der Waals surface area contributed by atoms with Crippen molar-refractivity contribution in [2.45, 2.75) is 5.75 Å². The molecule has 3 aromatic carbocycles. The molecule has 7 heteroatoms. The number of hydrogen-bond acceptors (Lipinski definition) is 4. The summed E-state index contributed by atoms with van der Waals surface area (Å²) in [5, 5.41) is 2.77. The maximum absolute atomic E-state index is 12.5. The van der Waals surface area contributed by atoms with Gasteiger partial charge in [-0.05, 0) is 35.9 Å². The van der Waals surface area contributed by atoms with Crippen LogP contribution in [-0.4, -0.2) is 21.4 Å². The lowest BCUT2D eigenvalue weighted by Gasteiger charge is -2.13. The van der Waals surface area contributed by atoms with E-state index in [1.54, 1.807) is 48.5 Å². The van der Waals surface area contributed by atoms with Gasteiger partial charge in [-0.25, -0.2) is 8.42 Å². The first-order valence-electron chi connectivity index (χ1n) is 8.56. The van der Waals surface area contributed by atoms with Crippen LogP contribution in [0.4, 0.5) is 11.4 Å². The maximum Gasteiger partial charge on any atom is 0.255 e. The van der Waals surface area contributed by atoms with Gasteiger partial charge in [0.05, 0.1) is 18.6 Å². The average Bonchev–Trinajstić information content (AvgIpc) is 2.68. The van der Waals surface area contributed by atoms with Gasteiger partial charge in [-0.2, -0.15) is 0 Å². The maximum atomic E-state index is 12.5. The van der Waals surface area contributed by atoms with E-state index in [0.29, 0.717) is 22.6 Å². The lowest BCUT2D eigenvalue weighted by molar-refractivity contribution is 0.102. The normalized spacial score (nSPS) is 10.9. The molecule has 28 heavy (non-hydrogen) atoms. The van der Waals surface area contributed by atoms with Gasteiger partial charge in [0.2, 0.25) is 10.0 Å². The van der Waals surface area contributed by atoms with Crippen molar-refractivity contribution in [2.24, 2.45) is 0 Å². The number of ether oxygens (including phenoxy) is 1. The second-order valence-corrected chi connectivity index (χ2v) is 7.80. The second kappa shape index (κ2) is 8.58. The van der Waals surface area contributed by atoms with Crippen LogP contribution in [-0.2, 0) is 15.8 Å². The summed E-state index contributed by atoms with van der Waals surface area (Å²) < 4.78 is 32.8. The van der Waals surface area contributed by atoms with E-state index in [1.165, 1.54) is 13.2 Å². The molecule has 0 aliphatic carbocycles. The Morgan fingerprint density at radius 3 is 2.21 bits per heavy atom. The Balaban J connectivity index is 1.82. The zero-order valence-electron chi connectivity index (χ0n) is 15.3. The number of methoxy groups -OCH3 is 1. The Labute approximate surface area is 164 Å². The summed E-state index contributed by atoms with van der Waals surface area (Å²) in [6.45, 7) is 0. The molecule has 0 saturated carbocycles. The summed E-state index contributed by atoms with van der Waals surface area (Å²) in [7, 11) is -2.24. The largest absolute Gasteiger partial charge is 0.495 e. The van der Waals surface area contributed by atoms with E-state index in [-0.39, 0.29) is 17.3 Å². The summed E-state index contributed by atoms with van der Waals surface area (Å²) in [5.41, 5.74) is 1.82. The number of para-hydroxylation sites is 1. The standard InChI is InChI=1S/C21H20N2O4S/c1-27-20-13-12-17(21(24)22-18-10-6-3-7-11-18)14-19(20)23-28(25,26)15-16-8-4-2-5-9-16/h2-14,23H,15H2,1H3,(H,22,24). The Hall–Kier alpha value is -3.32. The topological polar surface area (TPSA) is 84.5 Å². The summed E-state index contributed by atoms with van der Waals surface area (Å²) in [6.07, 6.45) is 0. The number of nitrogens with one attached hydrogen (secondary N) is 2. The molecule has 0 unspecified atom stereocenters. The third-order valence-electron chi connectivity index (χ3n) is 3.96. The molecule has 6 nitrogen and oxygen atoms in total. The van der Waals surface area contributed by atoms with Gasteiger partial charge in [0.15, 0.2) is 0 Å². The molecule has 0 aliphatic heterocycles. The number of carbonyl (C=O) groups is 1. The van der Waals surface area contributed by atoms with Crippen LogP contribution >= 0.6 is 0 Å². The van der Waals surface area contributed by atoms with Gasteiger partial charge in [-0.3, -0.25) is 9.52 Å². The minimum atomic E-state index is -3.68. The molecule has 0 heterocycles. The summed E-state index contributed by atoms with van der Waals surface area (Å²) in [5.74, 6) is -0.206. The van der Waals surface area contributed by atoms with Crippen LogP contribution in [0.25, 0.3) is 0 Å². The molecule has 0 aromatic heterocycles. The van der Waals surface area contributed by atoms with Crippen molar-refractivity contribution in [1.82, 2.24) is 0 Å². The number of anilines is 2. The summed E-state index contributed by atoms with van der Waals surface area (Å²) in [4.78, 5) is 12.5. The third-order valence-corrected chi connectivity index (χ3v) is 5.20. The lowest BCUT2D eigenvalue weighted by Crippen LogP contribution is -2.17. The van der Waals surface area contributed by atoms with Crippen LogP contribution in [0.15, 0.2) is 78.9 Å². The fourth-order valence-corrected chi connectivity index (χ4v) is 3.85. The number of amides is 1. The quantitative estimate of drug-likeness (QED) is 0.635. The van der Waals surface area contributed by atoms with E-state index in [2.05, 4.69) is 10.0 Å². The molecule has 144 valence electrons. The molecule has 2 N–H and O–H groups in total. The van der Waals surface area contributed by atoms with Crippen molar-refractivity contribution in [3.8, 4) is 5.75 Å².